The summed E-state index contributed by atoms with van der Waals surface area (Å²) in [6.07, 6.45) is 4.21. The summed E-state index contributed by atoms with van der Waals surface area (Å²) in [5.41, 5.74) is 7.98. The third-order valence-electron chi connectivity index (χ3n) is 5.39. The van der Waals surface area contributed by atoms with Gasteiger partial charge in [0.25, 0.3) is 0 Å². The molecule has 160 valence electrons. The molecular formula is C21H29N7O2. The van der Waals surface area contributed by atoms with Gasteiger partial charge >= 0.3 is 0 Å². The van der Waals surface area contributed by atoms with Crippen LogP contribution in [0.25, 0.3) is 0 Å². The second kappa shape index (κ2) is 9.25. The lowest BCUT2D eigenvalue weighted by atomic mass is 10.0. The van der Waals surface area contributed by atoms with E-state index in [1.165, 1.54) is 0 Å². The number of ether oxygens (including phenoxy) is 1. The van der Waals surface area contributed by atoms with E-state index in [9.17, 15) is 4.79 Å². The van der Waals surface area contributed by atoms with Crippen LogP contribution in [-0.4, -0.2) is 60.1 Å². The monoisotopic (exact) mass is 411 g/mol. The molecule has 0 saturated carbocycles. The van der Waals surface area contributed by atoms with Gasteiger partial charge in [0.05, 0.1) is 19.8 Å². The smallest absolute Gasteiger partial charge is 0.226 e. The molecule has 0 spiro atoms. The van der Waals surface area contributed by atoms with Gasteiger partial charge in [0.15, 0.2) is 5.78 Å². The van der Waals surface area contributed by atoms with E-state index in [1.54, 1.807) is 0 Å². The zero-order valence-corrected chi connectivity index (χ0v) is 17.4. The summed E-state index contributed by atoms with van der Waals surface area (Å²) in [7, 11) is 0. The van der Waals surface area contributed by atoms with E-state index in [4.69, 9.17) is 15.5 Å². The fraction of sp³-hybridized carbons (Fsp3) is 0.524. The van der Waals surface area contributed by atoms with E-state index in [0.29, 0.717) is 38.1 Å². The van der Waals surface area contributed by atoms with Crippen LogP contribution in [0.4, 0.5) is 23.4 Å². The van der Waals surface area contributed by atoms with Crippen LogP contribution in [0.15, 0.2) is 18.3 Å². The third kappa shape index (κ3) is 4.62. The quantitative estimate of drug-likeness (QED) is 0.657. The molecule has 2 aromatic heterocycles. The number of aromatic nitrogens is 3. The first-order chi connectivity index (χ1) is 14.6. The first-order valence-corrected chi connectivity index (χ1v) is 10.6. The number of hydrogen-bond acceptors (Lipinski definition) is 9. The molecule has 30 heavy (non-hydrogen) atoms. The van der Waals surface area contributed by atoms with Crippen LogP contribution in [-0.2, 0) is 22.5 Å². The Morgan fingerprint density at radius 1 is 1.27 bits per heavy atom. The van der Waals surface area contributed by atoms with E-state index in [2.05, 4.69) is 33.2 Å². The number of nitrogens with zero attached hydrogens (tertiary/aromatic N) is 5. The number of rotatable bonds is 7. The first-order valence-electron chi connectivity index (χ1n) is 10.6. The maximum absolute atomic E-state index is 12.4. The molecule has 0 amide bonds. The normalized spacial score (nSPS) is 16.5. The number of nitrogens with one attached hydrogen (secondary N) is 1. The molecule has 4 heterocycles. The average Bonchev–Trinajstić information content (AvgIpc) is 2.76. The Kier molecular flexibility index (Phi) is 6.27. The molecule has 1 saturated heterocycles. The number of carbonyl (C=O) groups is 1. The molecule has 0 aliphatic carbocycles. The van der Waals surface area contributed by atoms with Crippen molar-refractivity contribution in [3.8, 4) is 0 Å². The number of pyridine rings is 1. The first kappa shape index (κ1) is 20.3. The molecule has 0 aromatic carbocycles. The van der Waals surface area contributed by atoms with Crippen molar-refractivity contribution in [3.05, 3.63) is 29.5 Å². The van der Waals surface area contributed by atoms with Crippen molar-refractivity contribution in [2.75, 3.05) is 60.2 Å². The summed E-state index contributed by atoms with van der Waals surface area (Å²) in [5.74, 6) is 2.69. The van der Waals surface area contributed by atoms with E-state index in [-0.39, 0.29) is 12.2 Å². The summed E-state index contributed by atoms with van der Waals surface area (Å²) in [5, 5.41) is 3.24. The predicted octanol–water partition coefficient (Wildman–Crippen LogP) is 1.63. The molecule has 2 aliphatic rings. The van der Waals surface area contributed by atoms with E-state index < -0.39 is 0 Å². The highest BCUT2D eigenvalue weighted by molar-refractivity contribution is 5.91. The average molecular weight is 412 g/mol. The number of fused-ring (bicyclic) bond motifs is 1. The lowest BCUT2D eigenvalue weighted by Gasteiger charge is -2.31. The Balaban J connectivity index is 1.57. The number of hydrogen-bond donors (Lipinski definition) is 2. The van der Waals surface area contributed by atoms with Crippen molar-refractivity contribution in [1.29, 1.82) is 0 Å². The van der Waals surface area contributed by atoms with Crippen molar-refractivity contribution in [2.45, 2.75) is 32.7 Å². The highest BCUT2D eigenvalue weighted by atomic mass is 16.5. The number of Topliss-reactive ketones (excluding diaryl/α,β-unsaturated/α-hetero) is 1. The maximum atomic E-state index is 12.4. The number of nitrogen functional groups attached to an aromatic ring is 1. The fourth-order valence-electron chi connectivity index (χ4n) is 3.79. The van der Waals surface area contributed by atoms with Crippen LogP contribution in [0.1, 0.15) is 30.9 Å². The lowest BCUT2D eigenvalue weighted by molar-refractivity contribution is -0.117. The van der Waals surface area contributed by atoms with E-state index in [0.717, 1.165) is 55.2 Å². The molecule has 0 unspecified atom stereocenters. The number of carbonyl (C=O) groups excluding carboxylic acids is 1. The van der Waals surface area contributed by atoms with Gasteiger partial charge in [-0.3, -0.25) is 4.79 Å². The summed E-state index contributed by atoms with van der Waals surface area (Å²) in [4.78, 5) is 30.2. The van der Waals surface area contributed by atoms with Crippen LogP contribution in [0.5, 0.6) is 0 Å². The predicted molar refractivity (Wildman–Crippen MR) is 117 cm³/mol. The van der Waals surface area contributed by atoms with Crippen LogP contribution in [0.2, 0.25) is 0 Å². The zero-order chi connectivity index (χ0) is 20.9. The summed E-state index contributed by atoms with van der Waals surface area (Å²) in [6, 6.07) is 4.06. The topological polar surface area (TPSA) is 110 Å². The Bertz CT molecular complexity index is 899. The van der Waals surface area contributed by atoms with Gasteiger partial charge in [-0.15, -0.1) is 0 Å². The summed E-state index contributed by atoms with van der Waals surface area (Å²) in [6.45, 7) is 6.89. The highest BCUT2D eigenvalue weighted by Crippen LogP contribution is 2.30. The summed E-state index contributed by atoms with van der Waals surface area (Å²) >= 11 is 0. The molecule has 4 rings (SSSR count). The Labute approximate surface area is 176 Å². The minimum atomic E-state index is 0.118. The van der Waals surface area contributed by atoms with Gasteiger partial charge in [-0.1, -0.05) is 13.3 Å². The highest BCUT2D eigenvalue weighted by Gasteiger charge is 2.27. The fourth-order valence-corrected chi connectivity index (χ4v) is 3.79. The SMILES string of the molecule is CCCCNc1nc(N)c2c(n1)N(Cc1ccnc(N3CCOCC3)c1)CC(=O)C2. The van der Waals surface area contributed by atoms with E-state index >= 15 is 0 Å². The van der Waals surface area contributed by atoms with Gasteiger partial charge < -0.3 is 25.6 Å². The lowest BCUT2D eigenvalue weighted by Crippen LogP contribution is -2.38. The van der Waals surface area contributed by atoms with Gasteiger partial charge in [-0.25, -0.2) is 4.98 Å². The molecule has 2 aliphatic heterocycles. The number of unbranched alkanes of at least 4 members (excludes halogenated alkanes) is 1. The Morgan fingerprint density at radius 3 is 2.90 bits per heavy atom. The number of nitrogens with two attached hydrogens (primary N) is 1. The largest absolute Gasteiger partial charge is 0.383 e. The number of anilines is 4. The van der Waals surface area contributed by atoms with Gasteiger partial charge in [-0.05, 0) is 24.1 Å². The van der Waals surface area contributed by atoms with Crippen molar-refractivity contribution >= 4 is 29.2 Å². The molecule has 0 bridgehead atoms. The van der Waals surface area contributed by atoms with Crippen LogP contribution in [0.3, 0.4) is 0 Å². The van der Waals surface area contributed by atoms with Crippen LogP contribution >= 0.6 is 0 Å². The van der Waals surface area contributed by atoms with Crippen molar-refractivity contribution in [3.63, 3.8) is 0 Å². The minimum Gasteiger partial charge on any atom is -0.383 e. The molecule has 3 N–H and O–H groups in total. The van der Waals surface area contributed by atoms with Crippen molar-refractivity contribution < 1.29 is 9.53 Å². The van der Waals surface area contributed by atoms with E-state index in [1.807, 2.05) is 17.2 Å². The molecule has 0 atom stereocenters. The molecule has 9 nitrogen and oxygen atoms in total. The standard InChI is InChI=1S/C21H29N7O2/c1-2-3-5-24-21-25-19(22)17-12-16(29)14-28(20(17)26-21)13-15-4-6-23-18(11-15)27-7-9-30-10-8-27/h4,6,11H,2-3,5,7-10,12-14H2,1H3,(H3,22,24,25,26). The van der Waals surface area contributed by atoms with Gasteiger partial charge in [0.2, 0.25) is 5.95 Å². The number of ketones is 1. The second-order valence-corrected chi connectivity index (χ2v) is 7.71. The summed E-state index contributed by atoms with van der Waals surface area (Å²) < 4.78 is 5.43. The third-order valence-corrected chi connectivity index (χ3v) is 5.39. The maximum Gasteiger partial charge on any atom is 0.226 e. The van der Waals surface area contributed by atoms with Gasteiger partial charge in [-0.2, -0.15) is 9.97 Å². The van der Waals surface area contributed by atoms with Gasteiger partial charge in [0.1, 0.15) is 17.5 Å². The molecule has 2 aromatic rings. The van der Waals surface area contributed by atoms with Crippen molar-refractivity contribution in [2.24, 2.45) is 0 Å². The molecule has 9 heteroatoms. The molecular weight excluding hydrogens is 382 g/mol. The van der Waals surface area contributed by atoms with Crippen LogP contribution < -0.4 is 20.9 Å². The number of morpholine rings is 1. The Hall–Kier alpha value is -2.94. The van der Waals surface area contributed by atoms with Crippen molar-refractivity contribution in [1.82, 2.24) is 15.0 Å². The Morgan fingerprint density at radius 2 is 2.10 bits per heavy atom. The van der Waals surface area contributed by atoms with Gasteiger partial charge in [0, 0.05) is 44.4 Å². The zero-order valence-electron chi connectivity index (χ0n) is 17.4. The molecule has 1 fully saturated rings. The minimum absolute atomic E-state index is 0.118. The van der Waals surface area contributed by atoms with Crippen LogP contribution in [0, 0.1) is 0 Å². The second-order valence-electron chi connectivity index (χ2n) is 7.71. The molecule has 0 radical (unpaired) electrons.